The minimum Gasteiger partial charge on any atom is -0.441 e. The Balaban J connectivity index is 1.90. The van der Waals surface area contributed by atoms with Crippen LogP contribution in [0.5, 0.6) is 0 Å². The molecule has 2 aromatic rings. The van der Waals surface area contributed by atoms with Crippen LogP contribution in [0, 0.1) is 12.8 Å². The molecule has 0 spiro atoms. The van der Waals surface area contributed by atoms with Crippen LogP contribution >= 0.6 is 0 Å². The Hall–Kier alpha value is -1.35. The molecule has 0 atom stereocenters. The summed E-state index contributed by atoms with van der Waals surface area (Å²) in [5.74, 6) is 1.54. The van der Waals surface area contributed by atoms with Crippen molar-refractivity contribution in [1.29, 1.82) is 0 Å². The maximum atomic E-state index is 5.44. The zero-order valence-corrected chi connectivity index (χ0v) is 8.79. The van der Waals surface area contributed by atoms with Gasteiger partial charge in [0.2, 0.25) is 0 Å². The number of nitrogens with one attached hydrogen (secondary N) is 1. The van der Waals surface area contributed by atoms with Gasteiger partial charge < -0.3 is 9.73 Å². The molecule has 0 amide bonds. The van der Waals surface area contributed by atoms with Crippen LogP contribution in [0.2, 0.25) is 0 Å². The second-order valence-electron chi connectivity index (χ2n) is 4.26. The van der Waals surface area contributed by atoms with E-state index in [1.807, 2.05) is 13.0 Å². The zero-order chi connectivity index (χ0) is 10.3. The van der Waals surface area contributed by atoms with Crippen LogP contribution in [-0.2, 0) is 6.42 Å². The number of aromatic nitrogens is 1. The fourth-order valence-corrected chi connectivity index (χ4v) is 2.04. The van der Waals surface area contributed by atoms with Crippen LogP contribution in [0.15, 0.2) is 22.6 Å². The molecule has 78 valence electrons. The minimum absolute atomic E-state index is 0.743. The number of hydrogen-bond donors (Lipinski definition) is 1. The molecule has 1 saturated heterocycles. The molecule has 3 nitrogen and oxygen atoms in total. The van der Waals surface area contributed by atoms with Gasteiger partial charge >= 0.3 is 0 Å². The lowest BCUT2D eigenvalue weighted by molar-refractivity contribution is 0.346. The van der Waals surface area contributed by atoms with Crippen LogP contribution in [0.4, 0.5) is 0 Å². The van der Waals surface area contributed by atoms with Crippen molar-refractivity contribution < 1.29 is 4.42 Å². The highest BCUT2D eigenvalue weighted by atomic mass is 16.3. The van der Waals surface area contributed by atoms with E-state index < -0.39 is 0 Å². The Bertz CT molecular complexity index is 485. The molecular weight excluding hydrogens is 188 g/mol. The molecule has 1 aliphatic heterocycles. The molecule has 0 unspecified atom stereocenters. The number of rotatable bonds is 2. The molecule has 1 aliphatic rings. The molecule has 3 rings (SSSR count). The van der Waals surface area contributed by atoms with Crippen LogP contribution in [0.1, 0.15) is 11.5 Å². The van der Waals surface area contributed by atoms with Crippen LogP contribution in [-0.4, -0.2) is 18.1 Å². The first-order chi connectivity index (χ1) is 7.31. The van der Waals surface area contributed by atoms with Gasteiger partial charge in [0.05, 0.1) is 0 Å². The fourth-order valence-electron chi connectivity index (χ4n) is 2.04. The molecule has 1 aromatic carbocycles. The van der Waals surface area contributed by atoms with E-state index >= 15 is 0 Å². The fraction of sp³-hybridized carbons (Fsp3) is 0.417. The van der Waals surface area contributed by atoms with E-state index in [0.717, 1.165) is 42.4 Å². The van der Waals surface area contributed by atoms with E-state index in [1.165, 1.54) is 5.56 Å². The number of aryl methyl sites for hydroxylation is 1. The van der Waals surface area contributed by atoms with Crippen molar-refractivity contribution in [1.82, 2.24) is 10.3 Å². The molecular formula is C12H14N2O. The molecule has 0 radical (unpaired) electrons. The number of benzene rings is 1. The monoisotopic (exact) mass is 202 g/mol. The van der Waals surface area contributed by atoms with E-state index in [-0.39, 0.29) is 0 Å². The van der Waals surface area contributed by atoms with Crippen LogP contribution < -0.4 is 5.32 Å². The van der Waals surface area contributed by atoms with Crippen molar-refractivity contribution in [2.45, 2.75) is 13.3 Å². The second kappa shape index (κ2) is 3.35. The first kappa shape index (κ1) is 8.92. The molecule has 1 aromatic heterocycles. The van der Waals surface area contributed by atoms with Gasteiger partial charge in [0, 0.05) is 6.92 Å². The van der Waals surface area contributed by atoms with Gasteiger partial charge in [0.25, 0.3) is 0 Å². The zero-order valence-electron chi connectivity index (χ0n) is 8.79. The summed E-state index contributed by atoms with van der Waals surface area (Å²) >= 11 is 0. The van der Waals surface area contributed by atoms with Crippen molar-refractivity contribution in [3.8, 4) is 0 Å². The summed E-state index contributed by atoms with van der Waals surface area (Å²) in [4.78, 5) is 4.34. The van der Waals surface area contributed by atoms with Gasteiger partial charge in [-0.1, -0.05) is 6.07 Å². The molecule has 0 aliphatic carbocycles. The molecule has 1 fully saturated rings. The highest BCUT2D eigenvalue weighted by Gasteiger charge is 2.17. The topological polar surface area (TPSA) is 38.1 Å². The predicted molar refractivity (Wildman–Crippen MR) is 58.8 cm³/mol. The van der Waals surface area contributed by atoms with E-state index in [2.05, 4.69) is 22.4 Å². The summed E-state index contributed by atoms with van der Waals surface area (Å²) in [6.45, 7) is 4.18. The van der Waals surface area contributed by atoms with Crippen molar-refractivity contribution >= 4 is 11.1 Å². The Kier molecular flexibility index (Phi) is 1.99. The van der Waals surface area contributed by atoms with E-state index in [9.17, 15) is 0 Å². The summed E-state index contributed by atoms with van der Waals surface area (Å²) in [6.07, 6.45) is 1.15. The van der Waals surface area contributed by atoms with E-state index in [0.29, 0.717) is 0 Å². The first-order valence-electron chi connectivity index (χ1n) is 5.38. The summed E-state index contributed by atoms with van der Waals surface area (Å²) in [6, 6.07) is 6.31. The second-order valence-corrected chi connectivity index (χ2v) is 4.26. The van der Waals surface area contributed by atoms with Gasteiger partial charge in [-0.2, -0.15) is 0 Å². The predicted octanol–water partition coefficient (Wildman–Crippen LogP) is 1.90. The lowest BCUT2D eigenvalue weighted by Crippen LogP contribution is -2.43. The van der Waals surface area contributed by atoms with Crippen molar-refractivity contribution in [3.05, 3.63) is 29.7 Å². The normalized spacial score (nSPS) is 16.9. The first-order valence-corrected chi connectivity index (χ1v) is 5.38. The average Bonchev–Trinajstić information content (AvgIpc) is 2.50. The van der Waals surface area contributed by atoms with Gasteiger partial charge in [-0.25, -0.2) is 4.98 Å². The number of hydrogen-bond acceptors (Lipinski definition) is 3. The molecule has 0 saturated carbocycles. The third-order valence-corrected chi connectivity index (χ3v) is 2.95. The number of oxazole rings is 1. The maximum Gasteiger partial charge on any atom is 0.192 e. The Morgan fingerprint density at radius 2 is 2.33 bits per heavy atom. The highest BCUT2D eigenvalue weighted by molar-refractivity contribution is 5.73. The van der Waals surface area contributed by atoms with Gasteiger partial charge in [0.15, 0.2) is 11.5 Å². The van der Waals surface area contributed by atoms with Gasteiger partial charge in [-0.3, -0.25) is 0 Å². The SMILES string of the molecule is Cc1nc2cc(CC3CNC3)ccc2o1. The van der Waals surface area contributed by atoms with Crippen molar-refractivity contribution in [2.24, 2.45) is 5.92 Å². The largest absolute Gasteiger partial charge is 0.441 e. The minimum atomic E-state index is 0.743. The standard InChI is InChI=1S/C12H14N2O/c1-8-14-11-5-9(2-3-12(11)15-8)4-10-6-13-7-10/h2-3,5,10,13H,4,6-7H2,1H3. The molecule has 2 heterocycles. The lowest BCUT2D eigenvalue weighted by atomic mass is 9.94. The lowest BCUT2D eigenvalue weighted by Gasteiger charge is -2.26. The third kappa shape index (κ3) is 1.63. The Labute approximate surface area is 88.5 Å². The molecule has 0 bridgehead atoms. The summed E-state index contributed by atoms with van der Waals surface area (Å²) in [7, 11) is 0. The quantitative estimate of drug-likeness (QED) is 0.808. The molecule has 1 N–H and O–H groups in total. The Morgan fingerprint density at radius 3 is 3.07 bits per heavy atom. The molecule has 3 heteroatoms. The average molecular weight is 202 g/mol. The number of fused-ring (bicyclic) bond motifs is 1. The number of nitrogens with zero attached hydrogens (tertiary/aromatic N) is 1. The van der Waals surface area contributed by atoms with E-state index in [1.54, 1.807) is 0 Å². The summed E-state index contributed by atoms with van der Waals surface area (Å²) in [5.41, 5.74) is 3.24. The van der Waals surface area contributed by atoms with Crippen LogP contribution in [0.3, 0.4) is 0 Å². The smallest absolute Gasteiger partial charge is 0.192 e. The highest BCUT2D eigenvalue weighted by Crippen LogP contribution is 2.19. The summed E-state index contributed by atoms with van der Waals surface area (Å²) in [5, 5.41) is 3.29. The van der Waals surface area contributed by atoms with Gasteiger partial charge in [-0.15, -0.1) is 0 Å². The van der Waals surface area contributed by atoms with Crippen molar-refractivity contribution in [2.75, 3.05) is 13.1 Å². The third-order valence-electron chi connectivity index (χ3n) is 2.95. The molecule has 15 heavy (non-hydrogen) atoms. The van der Waals surface area contributed by atoms with E-state index in [4.69, 9.17) is 4.42 Å². The Morgan fingerprint density at radius 1 is 1.47 bits per heavy atom. The van der Waals surface area contributed by atoms with Gasteiger partial charge in [-0.05, 0) is 43.1 Å². The van der Waals surface area contributed by atoms with Crippen molar-refractivity contribution in [3.63, 3.8) is 0 Å². The van der Waals surface area contributed by atoms with Gasteiger partial charge in [0.1, 0.15) is 5.52 Å². The van der Waals surface area contributed by atoms with Crippen LogP contribution in [0.25, 0.3) is 11.1 Å². The maximum absolute atomic E-state index is 5.44. The summed E-state index contributed by atoms with van der Waals surface area (Å²) < 4.78 is 5.44.